The number of aromatic nitrogens is 3. The zero-order chi connectivity index (χ0) is 19.0. The number of amides is 2. The highest BCUT2D eigenvalue weighted by atomic mass is 16.3. The largest absolute Gasteiger partial charge is 0.472 e. The van der Waals surface area contributed by atoms with Crippen LogP contribution in [0.1, 0.15) is 39.4 Å². The van der Waals surface area contributed by atoms with Crippen LogP contribution < -0.4 is 10.9 Å². The number of hydrogen-bond donors (Lipinski definition) is 2. The molecule has 27 heavy (non-hydrogen) atoms. The fourth-order valence-electron chi connectivity index (χ4n) is 3.28. The van der Waals surface area contributed by atoms with E-state index in [1.54, 1.807) is 24.1 Å². The summed E-state index contributed by atoms with van der Waals surface area (Å²) < 4.78 is 6.35. The van der Waals surface area contributed by atoms with Crippen LogP contribution in [0.3, 0.4) is 0 Å². The molecule has 1 fully saturated rings. The van der Waals surface area contributed by atoms with Gasteiger partial charge in [0.2, 0.25) is 0 Å². The highest BCUT2D eigenvalue weighted by Crippen LogP contribution is 2.15. The Morgan fingerprint density at radius 1 is 1.33 bits per heavy atom. The van der Waals surface area contributed by atoms with Crippen molar-refractivity contribution in [3.8, 4) is 0 Å². The highest BCUT2D eigenvalue weighted by molar-refractivity contribution is 5.94. The van der Waals surface area contributed by atoms with Gasteiger partial charge in [-0.15, -0.1) is 0 Å². The monoisotopic (exact) mass is 369 g/mol. The molecule has 4 rings (SSSR count). The molecule has 2 N–H and O–H groups in total. The van der Waals surface area contributed by atoms with Crippen molar-refractivity contribution in [2.75, 3.05) is 13.1 Å². The third-order valence-electron chi connectivity index (χ3n) is 4.71. The second-order valence-corrected chi connectivity index (χ2v) is 6.68. The highest BCUT2D eigenvalue weighted by Gasteiger charge is 2.26. The lowest BCUT2D eigenvalue weighted by Crippen LogP contribution is -2.46. The van der Waals surface area contributed by atoms with E-state index in [0.29, 0.717) is 42.7 Å². The second kappa shape index (κ2) is 6.75. The van der Waals surface area contributed by atoms with Gasteiger partial charge in [-0.1, -0.05) is 0 Å². The standard InChI is InChI=1S/C18H19N5O4/c1-11-9-23-15(17(25)19-11)8-14(21-23)18(26)22-5-2-13(3-6-22)20-16(24)12-4-7-27-10-12/h4,7-10,13H,2-3,5-6H2,1H3,(H,19,25)(H,20,24). The maximum absolute atomic E-state index is 12.7. The Labute approximate surface area is 154 Å². The van der Waals surface area contributed by atoms with Gasteiger partial charge in [0.05, 0.1) is 11.8 Å². The van der Waals surface area contributed by atoms with Crippen LogP contribution in [0.2, 0.25) is 0 Å². The summed E-state index contributed by atoms with van der Waals surface area (Å²) in [4.78, 5) is 41.1. The van der Waals surface area contributed by atoms with Gasteiger partial charge in [0.25, 0.3) is 17.4 Å². The van der Waals surface area contributed by atoms with E-state index in [1.807, 2.05) is 0 Å². The molecular weight excluding hydrogens is 350 g/mol. The molecule has 0 unspecified atom stereocenters. The minimum absolute atomic E-state index is 0.00279. The molecule has 3 aromatic rings. The SMILES string of the molecule is Cc1cn2nc(C(=O)N3CCC(NC(=O)c4ccoc4)CC3)cc2c(=O)[nH]1. The molecule has 0 bridgehead atoms. The van der Waals surface area contributed by atoms with E-state index in [0.717, 1.165) is 0 Å². The Bertz CT molecular complexity index is 1040. The minimum atomic E-state index is -0.276. The van der Waals surface area contributed by atoms with E-state index in [9.17, 15) is 14.4 Å². The quantitative estimate of drug-likeness (QED) is 0.714. The molecule has 0 spiro atoms. The first-order valence-corrected chi connectivity index (χ1v) is 8.73. The first-order chi connectivity index (χ1) is 13.0. The number of hydrogen-bond acceptors (Lipinski definition) is 5. The van der Waals surface area contributed by atoms with Crippen molar-refractivity contribution in [1.29, 1.82) is 0 Å². The zero-order valence-electron chi connectivity index (χ0n) is 14.8. The molecule has 3 aromatic heterocycles. The van der Waals surface area contributed by atoms with Crippen LogP contribution in [0.25, 0.3) is 5.52 Å². The van der Waals surface area contributed by atoms with Gasteiger partial charge in [-0.2, -0.15) is 5.10 Å². The summed E-state index contributed by atoms with van der Waals surface area (Å²) in [6.07, 6.45) is 5.84. The molecule has 0 aromatic carbocycles. The molecule has 0 saturated carbocycles. The minimum Gasteiger partial charge on any atom is -0.472 e. The maximum Gasteiger partial charge on any atom is 0.274 e. The van der Waals surface area contributed by atoms with E-state index < -0.39 is 0 Å². The summed E-state index contributed by atoms with van der Waals surface area (Å²) in [7, 11) is 0. The van der Waals surface area contributed by atoms with Crippen LogP contribution in [0.4, 0.5) is 0 Å². The summed E-state index contributed by atoms with van der Waals surface area (Å²) in [5, 5.41) is 7.19. The molecule has 0 radical (unpaired) electrons. The van der Waals surface area contributed by atoms with Crippen molar-refractivity contribution in [3.05, 3.63) is 58.2 Å². The Hall–Kier alpha value is -3.36. The van der Waals surface area contributed by atoms with Gasteiger partial charge in [-0.3, -0.25) is 14.4 Å². The summed E-state index contributed by atoms with van der Waals surface area (Å²) in [6.45, 7) is 2.78. The molecule has 0 atom stereocenters. The number of furan rings is 1. The Kier molecular flexibility index (Phi) is 4.27. The normalized spacial score (nSPS) is 15.2. The number of aromatic amines is 1. The number of carbonyl (C=O) groups is 2. The van der Waals surface area contributed by atoms with Crippen molar-refractivity contribution >= 4 is 17.3 Å². The molecule has 2 amide bonds. The van der Waals surface area contributed by atoms with Gasteiger partial charge < -0.3 is 19.6 Å². The van der Waals surface area contributed by atoms with Crippen LogP contribution >= 0.6 is 0 Å². The lowest BCUT2D eigenvalue weighted by atomic mass is 10.0. The fraction of sp³-hybridized carbons (Fsp3) is 0.333. The van der Waals surface area contributed by atoms with E-state index in [4.69, 9.17) is 4.42 Å². The average Bonchev–Trinajstić information content (AvgIpc) is 3.31. The average molecular weight is 369 g/mol. The Balaban J connectivity index is 1.41. The van der Waals surface area contributed by atoms with Crippen LogP contribution in [0.15, 0.2) is 40.1 Å². The number of likely N-dealkylation sites (tertiary alicyclic amines) is 1. The number of carbonyl (C=O) groups excluding carboxylic acids is 2. The van der Waals surface area contributed by atoms with Gasteiger partial charge >= 0.3 is 0 Å². The second-order valence-electron chi connectivity index (χ2n) is 6.68. The van der Waals surface area contributed by atoms with Gasteiger partial charge in [0.15, 0.2) is 5.69 Å². The van der Waals surface area contributed by atoms with Crippen molar-refractivity contribution in [2.45, 2.75) is 25.8 Å². The number of fused-ring (bicyclic) bond motifs is 1. The molecule has 0 aliphatic carbocycles. The topological polar surface area (TPSA) is 113 Å². The van der Waals surface area contributed by atoms with Gasteiger partial charge in [0.1, 0.15) is 11.8 Å². The Morgan fingerprint density at radius 2 is 2.11 bits per heavy atom. The van der Waals surface area contributed by atoms with E-state index in [1.165, 1.54) is 23.1 Å². The van der Waals surface area contributed by atoms with Crippen LogP contribution in [-0.4, -0.2) is 50.4 Å². The van der Waals surface area contributed by atoms with Crippen molar-refractivity contribution in [1.82, 2.24) is 24.8 Å². The van der Waals surface area contributed by atoms with Crippen molar-refractivity contribution in [2.24, 2.45) is 0 Å². The summed E-state index contributed by atoms with van der Waals surface area (Å²) in [5.41, 5.74) is 1.46. The third kappa shape index (κ3) is 3.35. The summed E-state index contributed by atoms with van der Waals surface area (Å²) in [5.74, 6) is -0.390. The number of piperidine rings is 1. The molecule has 1 aliphatic heterocycles. The van der Waals surface area contributed by atoms with Crippen molar-refractivity contribution in [3.63, 3.8) is 0 Å². The maximum atomic E-state index is 12.7. The van der Waals surface area contributed by atoms with Gasteiger partial charge in [-0.25, -0.2) is 4.52 Å². The molecule has 9 heteroatoms. The van der Waals surface area contributed by atoms with E-state index in [-0.39, 0.29) is 29.1 Å². The van der Waals surface area contributed by atoms with E-state index >= 15 is 0 Å². The lowest BCUT2D eigenvalue weighted by Gasteiger charge is -2.31. The molecule has 9 nitrogen and oxygen atoms in total. The molecule has 4 heterocycles. The summed E-state index contributed by atoms with van der Waals surface area (Å²) >= 11 is 0. The number of nitrogens with one attached hydrogen (secondary N) is 2. The number of H-pyrrole nitrogens is 1. The van der Waals surface area contributed by atoms with Crippen LogP contribution in [0.5, 0.6) is 0 Å². The zero-order valence-corrected chi connectivity index (χ0v) is 14.8. The van der Waals surface area contributed by atoms with Gasteiger partial charge in [-0.05, 0) is 25.8 Å². The van der Waals surface area contributed by atoms with Crippen LogP contribution in [-0.2, 0) is 0 Å². The van der Waals surface area contributed by atoms with Crippen molar-refractivity contribution < 1.29 is 14.0 Å². The molecule has 140 valence electrons. The molecule has 1 saturated heterocycles. The van der Waals surface area contributed by atoms with E-state index in [2.05, 4.69) is 15.4 Å². The fourth-order valence-corrected chi connectivity index (χ4v) is 3.28. The Morgan fingerprint density at radius 3 is 2.81 bits per heavy atom. The smallest absolute Gasteiger partial charge is 0.274 e. The predicted molar refractivity (Wildman–Crippen MR) is 95.6 cm³/mol. The van der Waals surface area contributed by atoms with Crippen LogP contribution in [0, 0.1) is 6.92 Å². The number of aryl methyl sites for hydroxylation is 1. The lowest BCUT2D eigenvalue weighted by molar-refractivity contribution is 0.0692. The predicted octanol–water partition coefficient (Wildman–Crippen LogP) is 0.959. The van der Waals surface area contributed by atoms with Gasteiger partial charge in [0, 0.05) is 37.1 Å². The first kappa shape index (κ1) is 17.1. The number of rotatable bonds is 3. The third-order valence-corrected chi connectivity index (χ3v) is 4.71. The first-order valence-electron chi connectivity index (χ1n) is 8.73. The molecular formula is C18H19N5O4. The number of nitrogens with zero attached hydrogens (tertiary/aromatic N) is 3. The molecule has 1 aliphatic rings. The summed E-state index contributed by atoms with van der Waals surface area (Å²) in [6, 6.07) is 3.12.